The average Bonchev–Trinajstić information content (AvgIpc) is 3.70. The van der Waals surface area contributed by atoms with E-state index in [1.54, 1.807) is 44.4 Å². The molecule has 0 bridgehead atoms. The lowest BCUT2D eigenvalue weighted by Crippen LogP contribution is -2.43. The van der Waals surface area contributed by atoms with Crippen LogP contribution >= 0.6 is 0 Å². The number of benzene rings is 1. The molecule has 1 aliphatic heterocycles. The largest absolute Gasteiger partial charge is 0.461 e. The average molecular weight is 569 g/mol. The van der Waals surface area contributed by atoms with Crippen LogP contribution in [0.1, 0.15) is 65.2 Å². The van der Waals surface area contributed by atoms with Crippen molar-refractivity contribution in [1.82, 2.24) is 0 Å². The van der Waals surface area contributed by atoms with E-state index in [1.165, 1.54) is 13.8 Å². The summed E-state index contributed by atoms with van der Waals surface area (Å²) >= 11 is 0. The molecule has 1 aromatic rings. The van der Waals surface area contributed by atoms with Crippen LogP contribution in [0.3, 0.4) is 0 Å². The first-order valence-electron chi connectivity index (χ1n) is 14.3. The van der Waals surface area contributed by atoms with Crippen LogP contribution in [0.2, 0.25) is 0 Å². The molecule has 9 heteroatoms. The van der Waals surface area contributed by atoms with E-state index in [2.05, 4.69) is 0 Å². The van der Waals surface area contributed by atoms with Gasteiger partial charge in [0.05, 0.1) is 11.5 Å². The summed E-state index contributed by atoms with van der Waals surface area (Å²) in [5, 5.41) is 0. The molecule has 0 amide bonds. The Hall–Kier alpha value is -3.04. The number of hydrogen-bond donors (Lipinski definition) is 0. The summed E-state index contributed by atoms with van der Waals surface area (Å²) in [5.41, 5.74) is -1.88. The third-order valence-corrected chi connectivity index (χ3v) is 9.79. The number of hydrogen-bond acceptors (Lipinski definition) is 9. The van der Waals surface area contributed by atoms with Gasteiger partial charge in [0, 0.05) is 32.8 Å². The first-order valence-corrected chi connectivity index (χ1v) is 14.3. The number of rotatable bonds is 5. The second-order valence-electron chi connectivity index (χ2n) is 12.8. The molecular weight excluding hydrogens is 528 g/mol. The molecule has 0 aromatic heterocycles. The van der Waals surface area contributed by atoms with E-state index in [0.717, 1.165) is 0 Å². The highest BCUT2D eigenvalue weighted by Gasteiger charge is 2.84. The molecule has 9 nitrogen and oxygen atoms in total. The molecule has 3 fully saturated rings. The third-order valence-electron chi connectivity index (χ3n) is 9.79. The number of ether oxygens (including phenoxy) is 5. The summed E-state index contributed by atoms with van der Waals surface area (Å²) in [5.74, 6) is -3.00. The predicted molar refractivity (Wildman–Crippen MR) is 147 cm³/mol. The van der Waals surface area contributed by atoms with Crippen molar-refractivity contribution in [2.24, 2.45) is 29.1 Å². The van der Waals surface area contributed by atoms with E-state index < -0.39 is 64.9 Å². The maximum absolute atomic E-state index is 14.4. The lowest BCUT2D eigenvalue weighted by molar-refractivity contribution is -0.154. The fourth-order valence-corrected chi connectivity index (χ4v) is 7.91. The van der Waals surface area contributed by atoms with Crippen LogP contribution in [0, 0.1) is 29.1 Å². The van der Waals surface area contributed by atoms with Gasteiger partial charge in [0.2, 0.25) is 0 Å². The molecule has 222 valence electrons. The Balaban J connectivity index is 1.67. The van der Waals surface area contributed by atoms with Gasteiger partial charge in [-0.3, -0.25) is 14.4 Å². The molecule has 41 heavy (non-hydrogen) atoms. The maximum atomic E-state index is 14.4. The van der Waals surface area contributed by atoms with Gasteiger partial charge in [-0.25, -0.2) is 4.79 Å². The van der Waals surface area contributed by atoms with Gasteiger partial charge >= 0.3 is 17.9 Å². The molecule has 2 unspecified atom stereocenters. The van der Waals surface area contributed by atoms with Crippen LogP contribution in [-0.2, 0) is 38.1 Å². The van der Waals surface area contributed by atoms with Gasteiger partial charge in [-0.1, -0.05) is 45.9 Å². The van der Waals surface area contributed by atoms with Crippen LogP contribution in [-0.4, -0.2) is 66.4 Å². The Morgan fingerprint density at radius 2 is 1.54 bits per heavy atom. The fraction of sp³-hybridized carbons (Fsp3) is 0.625. The highest BCUT2D eigenvalue weighted by molar-refractivity contribution is 5.96. The highest BCUT2D eigenvalue weighted by Crippen LogP contribution is 2.68. The molecule has 4 aliphatic rings. The molecular formula is C32H40O9. The number of methoxy groups -OCH3 is 1. The van der Waals surface area contributed by atoms with Gasteiger partial charge in [-0.2, -0.15) is 0 Å². The first-order chi connectivity index (χ1) is 19.2. The van der Waals surface area contributed by atoms with Crippen molar-refractivity contribution in [1.29, 1.82) is 0 Å². The molecule has 1 heterocycles. The zero-order chi connectivity index (χ0) is 30.1. The van der Waals surface area contributed by atoms with E-state index in [1.807, 2.05) is 33.8 Å². The Bertz CT molecular complexity index is 1290. The highest BCUT2D eigenvalue weighted by atomic mass is 16.7. The molecule has 10 atom stereocenters. The van der Waals surface area contributed by atoms with Gasteiger partial charge in [0.25, 0.3) is 0 Å². The summed E-state index contributed by atoms with van der Waals surface area (Å²) in [7, 11) is 1.57. The van der Waals surface area contributed by atoms with Crippen molar-refractivity contribution in [2.45, 2.75) is 90.5 Å². The number of ketones is 1. The van der Waals surface area contributed by atoms with Gasteiger partial charge in [0.15, 0.2) is 17.0 Å². The van der Waals surface area contributed by atoms with Crippen molar-refractivity contribution in [3.8, 4) is 0 Å². The number of epoxide rings is 1. The van der Waals surface area contributed by atoms with Crippen molar-refractivity contribution < 1.29 is 42.9 Å². The van der Waals surface area contributed by atoms with Crippen LogP contribution < -0.4 is 0 Å². The van der Waals surface area contributed by atoms with E-state index in [-0.39, 0.29) is 23.5 Å². The van der Waals surface area contributed by atoms with E-state index in [9.17, 15) is 19.2 Å². The van der Waals surface area contributed by atoms with Crippen molar-refractivity contribution in [2.75, 3.05) is 7.11 Å². The molecule has 5 rings (SSSR count). The zero-order valence-electron chi connectivity index (χ0n) is 25.0. The van der Waals surface area contributed by atoms with Crippen molar-refractivity contribution in [3.63, 3.8) is 0 Å². The maximum Gasteiger partial charge on any atom is 0.338 e. The summed E-state index contributed by atoms with van der Waals surface area (Å²) < 4.78 is 30.3. The minimum absolute atomic E-state index is 0.184. The zero-order valence-corrected chi connectivity index (χ0v) is 25.0. The molecule has 3 aliphatic carbocycles. The van der Waals surface area contributed by atoms with Crippen molar-refractivity contribution >= 4 is 23.7 Å². The number of fused-ring (bicyclic) bond motifs is 1. The lowest BCUT2D eigenvalue weighted by Gasteiger charge is -2.30. The van der Waals surface area contributed by atoms with E-state index in [4.69, 9.17) is 23.7 Å². The lowest BCUT2D eigenvalue weighted by atomic mass is 9.80. The number of carbonyl (C=O) groups is 4. The standard InChI is InChI=1S/C32H40O9/c1-16-14-32-28(39-20(5)34)17(2)15-31(32,41-32)27(35)18(3)25(38-19(4)33)22-23(30(22,6)7)26(37-8)24(16)40-29(36)21-12-10-9-11-13-21/h9-14,17-18,22-26,28H,15H2,1-8H3/b16-14-/t17-,18-,22-,23+,24+,25?,26-,28-,31-,32?/m0/s1. The first kappa shape index (κ1) is 29.5. The van der Waals surface area contributed by atoms with E-state index in [0.29, 0.717) is 17.6 Å². The predicted octanol–water partition coefficient (Wildman–Crippen LogP) is 4.08. The minimum atomic E-state index is -1.26. The summed E-state index contributed by atoms with van der Waals surface area (Å²) in [6.45, 7) is 12.3. The molecule has 1 aromatic carbocycles. The Kier molecular flexibility index (Phi) is 7.22. The number of Topliss-reactive ketones (excluding diaryl/α,β-unsaturated/α-hetero) is 1. The quantitative estimate of drug-likeness (QED) is 0.224. The van der Waals surface area contributed by atoms with Crippen LogP contribution in [0.25, 0.3) is 0 Å². The molecule has 0 N–H and O–H groups in total. The van der Waals surface area contributed by atoms with Crippen LogP contribution in [0.4, 0.5) is 0 Å². The molecule has 2 saturated carbocycles. The molecule has 0 spiro atoms. The normalized spacial score (nSPS) is 41.8. The second kappa shape index (κ2) is 10.1. The summed E-state index contributed by atoms with van der Waals surface area (Å²) in [6, 6.07) is 8.70. The van der Waals surface area contributed by atoms with E-state index >= 15 is 0 Å². The fourth-order valence-electron chi connectivity index (χ4n) is 7.91. The molecule has 1 saturated heterocycles. The van der Waals surface area contributed by atoms with Gasteiger partial charge in [0.1, 0.15) is 24.4 Å². The smallest absolute Gasteiger partial charge is 0.338 e. The van der Waals surface area contributed by atoms with Crippen LogP contribution in [0.5, 0.6) is 0 Å². The molecule has 0 radical (unpaired) electrons. The SMILES string of the molecule is CO[C@H]1[C@H]2[C@@H](C(OC(C)=O)[C@H](C)C(=O)[C@@]34C[C@H](C)[C@H](OC(C)=O)C3(/C=C(/C)[C@H]1OC(=O)c1ccccc1)O4)C2(C)C. The second-order valence-corrected chi connectivity index (χ2v) is 12.8. The van der Waals surface area contributed by atoms with Gasteiger partial charge in [-0.15, -0.1) is 0 Å². The summed E-state index contributed by atoms with van der Waals surface area (Å²) in [4.78, 5) is 52.2. The third kappa shape index (κ3) is 4.52. The topological polar surface area (TPSA) is 118 Å². The monoisotopic (exact) mass is 568 g/mol. The number of carbonyl (C=O) groups excluding carboxylic acids is 4. The minimum Gasteiger partial charge on any atom is -0.461 e. The van der Waals surface area contributed by atoms with Gasteiger partial charge < -0.3 is 23.7 Å². The Labute approximate surface area is 240 Å². The van der Waals surface area contributed by atoms with Gasteiger partial charge in [-0.05, 0) is 48.5 Å². The van der Waals surface area contributed by atoms with Crippen molar-refractivity contribution in [3.05, 3.63) is 47.5 Å². The Morgan fingerprint density at radius 3 is 2.12 bits per heavy atom. The Morgan fingerprint density at radius 1 is 0.927 bits per heavy atom. The van der Waals surface area contributed by atoms with Crippen LogP contribution in [0.15, 0.2) is 42.0 Å². The summed E-state index contributed by atoms with van der Waals surface area (Å²) in [6.07, 6.45) is -0.802. The number of esters is 3.